The molecule has 28 heavy (non-hydrogen) atoms. The molecule has 9 heteroatoms. The number of hydrogen-bond acceptors (Lipinski definition) is 4. The van der Waals surface area contributed by atoms with Gasteiger partial charge in [0.05, 0.1) is 11.7 Å². The maximum Gasteiger partial charge on any atom is 0.354 e. The van der Waals surface area contributed by atoms with Crippen molar-refractivity contribution in [3.8, 4) is 5.88 Å². The summed E-state index contributed by atoms with van der Waals surface area (Å²) in [5.74, 6) is 0.318. The molecule has 2 heterocycles. The van der Waals surface area contributed by atoms with Gasteiger partial charge in [0.15, 0.2) is 9.92 Å². The third kappa shape index (κ3) is 2.56. The zero-order valence-corrected chi connectivity index (χ0v) is 16.8. The van der Waals surface area contributed by atoms with Crippen LogP contribution in [0.5, 0.6) is 5.88 Å². The molecular weight excluding hydrogens is 378 g/mol. The van der Waals surface area contributed by atoms with Crippen molar-refractivity contribution in [3.05, 3.63) is 34.5 Å². The van der Waals surface area contributed by atoms with Gasteiger partial charge in [-0.05, 0) is 68.2 Å². The van der Waals surface area contributed by atoms with Crippen molar-refractivity contribution in [2.45, 2.75) is 56.4 Å². The molecule has 1 aliphatic heterocycles. The van der Waals surface area contributed by atoms with Crippen LogP contribution in [0.2, 0.25) is 0 Å². The van der Waals surface area contributed by atoms with Crippen molar-refractivity contribution in [2.24, 2.45) is 9.50 Å². The van der Waals surface area contributed by atoms with E-state index < -0.39 is 15.9 Å². The zero-order valence-electron chi connectivity index (χ0n) is 15.9. The average Bonchev–Trinajstić information content (AvgIpc) is 3.27. The van der Waals surface area contributed by atoms with Gasteiger partial charge in [-0.2, -0.15) is 5.10 Å². The fraction of sp³-hybridized carbons (Fsp3) is 0.474. The van der Waals surface area contributed by atoms with Gasteiger partial charge < -0.3 is 10.1 Å². The van der Waals surface area contributed by atoms with Crippen LogP contribution in [0.4, 0.5) is 10.5 Å². The fourth-order valence-corrected chi connectivity index (χ4v) is 5.27. The molecule has 2 aromatic rings. The van der Waals surface area contributed by atoms with E-state index in [1.54, 1.807) is 4.68 Å². The molecule has 0 saturated carbocycles. The Labute approximate surface area is 163 Å². The average molecular weight is 401 g/mol. The first kappa shape index (κ1) is 17.7. The Morgan fingerprint density at radius 2 is 2.04 bits per heavy atom. The van der Waals surface area contributed by atoms with E-state index in [4.69, 9.17) is 9.88 Å². The smallest absolute Gasteiger partial charge is 0.354 e. The maximum absolute atomic E-state index is 13.0. The van der Waals surface area contributed by atoms with Crippen LogP contribution >= 0.6 is 0 Å². The van der Waals surface area contributed by atoms with Gasteiger partial charge in [-0.15, -0.1) is 4.36 Å². The summed E-state index contributed by atoms with van der Waals surface area (Å²) in [5, 5.41) is 13.1. The minimum atomic E-state index is -3.48. The summed E-state index contributed by atoms with van der Waals surface area (Å²) in [4.78, 5) is 12.8. The minimum absolute atomic E-state index is 0.152. The van der Waals surface area contributed by atoms with Gasteiger partial charge in [0, 0.05) is 5.69 Å². The lowest BCUT2D eigenvalue weighted by atomic mass is 9.83. The monoisotopic (exact) mass is 401 g/mol. The Balaban J connectivity index is 1.48. The molecule has 0 unspecified atom stereocenters. The quantitative estimate of drug-likeness (QED) is 0.805. The van der Waals surface area contributed by atoms with Crippen LogP contribution < -0.4 is 15.2 Å². The van der Waals surface area contributed by atoms with Gasteiger partial charge in [-0.25, -0.2) is 18.8 Å². The van der Waals surface area contributed by atoms with Gasteiger partial charge in [-0.1, -0.05) is 6.07 Å². The van der Waals surface area contributed by atoms with E-state index >= 15 is 0 Å². The van der Waals surface area contributed by atoms with E-state index in [1.807, 2.05) is 13.8 Å². The van der Waals surface area contributed by atoms with Gasteiger partial charge in [0.1, 0.15) is 11.5 Å². The number of rotatable bonds is 2. The highest BCUT2D eigenvalue weighted by Gasteiger charge is 2.36. The van der Waals surface area contributed by atoms with Crippen molar-refractivity contribution in [1.29, 1.82) is 0 Å². The third-order valence-electron chi connectivity index (χ3n) is 5.84. The first-order valence-corrected chi connectivity index (χ1v) is 11.1. The van der Waals surface area contributed by atoms with E-state index in [2.05, 4.69) is 20.8 Å². The predicted octanol–water partition coefficient (Wildman–Crippen LogP) is 2.53. The minimum Gasteiger partial charge on any atom is -0.474 e. The Kier molecular flexibility index (Phi) is 3.67. The molecule has 0 saturated heterocycles. The second-order valence-electron chi connectivity index (χ2n) is 8.30. The molecule has 2 aliphatic carbocycles. The summed E-state index contributed by atoms with van der Waals surface area (Å²) < 4.78 is 24.1. The summed E-state index contributed by atoms with van der Waals surface area (Å²) in [6.07, 6.45) is 6.41. The van der Waals surface area contributed by atoms with E-state index in [0.29, 0.717) is 12.5 Å². The first-order chi connectivity index (χ1) is 13.3. The van der Waals surface area contributed by atoms with Gasteiger partial charge in [0.2, 0.25) is 5.88 Å². The molecule has 1 aromatic heterocycles. The molecule has 0 bridgehead atoms. The third-order valence-corrected chi connectivity index (χ3v) is 7.19. The van der Waals surface area contributed by atoms with Gasteiger partial charge in [-0.3, -0.25) is 0 Å². The van der Waals surface area contributed by atoms with Gasteiger partial charge in [0.25, 0.3) is 0 Å². The Morgan fingerprint density at radius 1 is 1.29 bits per heavy atom. The van der Waals surface area contributed by atoms with E-state index in [1.165, 1.54) is 28.5 Å². The largest absolute Gasteiger partial charge is 0.474 e. The number of nitrogens with zero attached hydrogens (tertiary/aromatic N) is 3. The molecule has 0 radical (unpaired) electrons. The van der Waals surface area contributed by atoms with Crippen molar-refractivity contribution in [2.75, 3.05) is 11.9 Å². The highest BCUT2D eigenvalue weighted by atomic mass is 32.2. The summed E-state index contributed by atoms with van der Waals surface area (Å²) in [5.41, 5.74) is 5.42. The number of ether oxygens (including phenoxy) is 1. The molecule has 2 amide bonds. The van der Waals surface area contributed by atoms with Crippen LogP contribution in [0, 0.1) is 0 Å². The van der Waals surface area contributed by atoms with E-state index in [9.17, 15) is 9.00 Å². The van der Waals surface area contributed by atoms with Crippen LogP contribution in [-0.2, 0) is 41.1 Å². The second kappa shape index (κ2) is 5.81. The number of fused-ring (bicyclic) bond motifs is 3. The Hall–Kier alpha value is -2.39. The number of carbonyl (C=O) groups excluding carboxylic acids is 1. The molecule has 3 aliphatic rings. The van der Waals surface area contributed by atoms with Crippen LogP contribution in [0.3, 0.4) is 0 Å². The molecular formula is C19H23N5O3S. The fourth-order valence-electron chi connectivity index (χ4n) is 4.29. The number of anilines is 1. The highest BCUT2D eigenvalue weighted by molar-refractivity contribution is 7.91. The lowest BCUT2D eigenvalue weighted by Crippen LogP contribution is -2.26. The summed E-state index contributed by atoms with van der Waals surface area (Å²) >= 11 is 0. The second-order valence-corrected chi connectivity index (χ2v) is 10.1. The number of aromatic nitrogens is 2. The molecule has 0 fully saturated rings. The number of hydrogen-bond donors (Lipinski definition) is 2. The van der Waals surface area contributed by atoms with Crippen molar-refractivity contribution in [3.63, 3.8) is 0 Å². The number of amides is 2. The topological polar surface area (TPSA) is 112 Å². The van der Waals surface area contributed by atoms with Crippen molar-refractivity contribution in [1.82, 2.24) is 9.78 Å². The number of aryl methyl sites for hydroxylation is 2. The van der Waals surface area contributed by atoms with Crippen LogP contribution in [-0.4, -0.2) is 26.6 Å². The standard InChI is InChI=1S/C19H23N5O3S/c1-19(2)10-27-17-15(9-21-24(17)19)28(20,26)23-18(25)22-16-13-5-3-4-11(13)8-12-6-7-14(12)16/h8-9H,3-7,10H2,1-2H3,(H3,20,22,23,25,26)/t28-/m1/s1. The number of carbonyl (C=O) groups is 1. The van der Waals surface area contributed by atoms with Crippen molar-refractivity contribution < 1.29 is 13.7 Å². The van der Waals surface area contributed by atoms with E-state index in [0.717, 1.165) is 37.8 Å². The molecule has 8 nitrogen and oxygen atoms in total. The predicted molar refractivity (Wildman–Crippen MR) is 105 cm³/mol. The molecule has 1 atom stereocenters. The van der Waals surface area contributed by atoms with Crippen LogP contribution in [0.15, 0.2) is 21.5 Å². The first-order valence-electron chi connectivity index (χ1n) is 9.50. The van der Waals surface area contributed by atoms with Crippen LogP contribution in [0.1, 0.15) is 42.5 Å². The summed E-state index contributed by atoms with van der Waals surface area (Å²) in [7, 11) is -3.48. The molecule has 0 spiro atoms. The lowest BCUT2D eigenvalue weighted by Gasteiger charge is -2.25. The number of urea groups is 1. The van der Waals surface area contributed by atoms with Crippen molar-refractivity contribution >= 4 is 21.6 Å². The maximum atomic E-state index is 13.0. The molecule has 148 valence electrons. The summed E-state index contributed by atoms with van der Waals surface area (Å²) in [6.45, 7) is 4.30. The molecule has 1 aromatic carbocycles. The number of nitrogens with two attached hydrogens (primary N) is 1. The SMILES string of the molecule is CC1(C)COc2c([S@](N)(=O)=NC(=O)Nc3c4c(cc5c3CC5)CCC4)cnn21. The normalized spacial score (nSPS) is 20.2. The van der Waals surface area contributed by atoms with Crippen LogP contribution in [0.25, 0.3) is 0 Å². The summed E-state index contributed by atoms with van der Waals surface area (Å²) in [6, 6.07) is 1.56. The number of benzene rings is 1. The highest BCUT2D eigenvalue weighted by Crippen LogP contribution is 2.40. The van der Waals surface area contributed by atoms with Gasteiger partial charge >= 0.3 is 6.03 Å². The Bertz CT molecular complexity index is 1140. The zero-order chi connectivity index (χ0) is 19.7. The number of nitrogens with one attached hydrogen (secondary N) is 1. The molecule has 3 N–H and O–H groups in total. The molecule has 5 rings (SSSR count). The Morgan fingerprint density at radius 3 is 2.79 bits per heavy atom. The van der Waals surface area contributed by atoms with E-state index in [-0.39, 0.29) is 10.4 Å². The lowest BCUT2D eigenvalue weighted by molar-refractivity contribution is 0.259.